The van der Waals surface area contributed by atoms with Gasteiger partial charge in [0.25, 0.3) is 0 Å². The van der Waals surface area contributed by atoms with Crippen molar-refractivity contribution >= 4 is 38.8 Å². The minimum absolute atomic E-state index is 0.174. The molecule has 2 aliphatic rings. The molecule has 0 spiro atoms. The number of hydrogen-bond donors (Lipinski definition) is 0. The summed E-state index contributed by atoms with van der Waals surface area (Å²) in [5, 5.41) is 31.7. The Labute approximate surface area is 324 Å². The van der Waals surface area contributed by atoms with Crippen molar-refractivity contribution in [2.24, 2.45) is 0 Å². The van der Waals surface area contributed by atoms with Crippen LogP contribution < -0.4 is 4.90 Å². The summed E-state index contributed by atoms with van der Waals surface area (Å²) in [4.78, 5) is 2.38. The summed E-state index contributed by atoms with van der Waals surface area (Å²) in [6.07, 6.45) is 5.47. The van der Waals surface area contributed by atoms with Crippen LogP contribution in [0.2, 0.25) is 0 Å². The van der Waals surface area contributed by atoms with Gasteiger partial charge < -0.3 is 9.47 Å². The van der Waals surface area contributed by atoms with Crippen LogP contribution in [-0.2, 0) is 0 Å². The Kier molecular flexibility index (Phi) is 7.71. The summed E-state index contributed by atoms with van der Waals surface area (Å²) < 4.78 is 2.19. The molecule has 1 atom stereocenters. The van der Waals surface area contributed by atoms with Crippen molar-refractivity contribution < 1.29 is 0 Å². The molecule has 1 aliphatic heterocycles. The Hall–Kier alpha value is -7.91. The molecule has 10 rings (SSSR count). The zero-order chi connectivity index (χ0) is 37.8. The maximum Gasteiger partial charge on any atom is 0.101 e. The average molecular weight is 714 g/mol. The third kappa shape index (κ3) is 4.99. The number of rotatable bonds is 5. The molecule has 1 unspecified atom stereocenters. The van der Waals surface area contributed by atoms with E-state index in [9.17, 15) is 15.8 Å². The maximum atomic E-state index is 10.3. The molecule has 0 radical (unpaired) electrons. The normalized spacial score (nSPS) is 14.3. The van der Waals surface area contributed by atoms with Crippen LogP contribution in [0.5, 0.6) is 0 Å². The van der Waals surface area contributed by atoms with Crippen LogP contribution in [0, 0.1) is 34.0 Å². The van der Waals surface area contributed by atoms with E-state index in [4.69, 9.17) is 0 Å². The smallest absolute Gasteiger partial charge is 0.101 e. The van der Waals surface area contributed by atoms with Gasteiger partial charge in [-0.2, -0.15) is 15.8 Å². The second-order valence-corrected chi connectivity index (χ2v) is 14.1. The first-order valence-electron chi connectivity index (χ1n) is 18.6. The first-order chi connectivity index (χ1) is 27.7. The fourth-order valence-electron chi connectivity index (χ4n) is 8.84. The zero-order valence-electron chi connectivity index (χ0n) is 30.2. The molecule has 260 valence electrons. The zero-order valence-corrected chi connectivity index (χ0v) is 30.2. The van der Waals surface area contributed by atoms with E-state index in [1.165, 1.54) is 11.3 Å². The fourth-order valence-corrected chi connectivity index (χ4v) is 8.84. The number of hydrogen-bond acceptors (Lipinski definition) is 4. The van der Waals surface area contributed by atoms with Crippen molar-refractivity contribution in [3.63, 3.8) is 0 Å². The first kappa shape index (κ1) is 32.7. The molecule has 1 aliphatic carbocycles. The fraction of sp³-hybridized carbons (Fsp3) is 0.0392. The highest BCUT2D eigenvalue weighted by atomic mass is 15.2. The molecule has 0 fully saturated rings. The summed E-state index contributed by atoms with van der Waals surface area (Å²) in [6, 6.07) is 60.6. The van der Waals surface area contributed by atoms with E-state index in [-0.39, 0.29) is 5.92 Å². The Morgan fingerprint density at radius 2 is 1.14 bits per heavy atom. The summed E-state index contributed by atoms with van der Waals surface area (Å²) in [5.41, 5.74) is 15.8. The van der Waals surface area contributed by atoms with Gasteiger partial charge in [0.2, 0.25) is 0 Å². The molecule has 8 aromatic rings. The van der Waals surface area contributed by atoms with Crippen molar-refractivity contribution in [1.82, 2.24) is 4.57 Å². The number of aromatic nitrogens is 1. The number of anilines is 2. The number of benzene rings is 7. The predicted molar refractivity (Wildman–Crippen MR) is 224 cm³/mol. The van der Waals surface area contributed by atoms with Gasteiger partial charge >= 0.3 is 0 Å². The van der Waals surface area contributed by atoms with Gasteiger partial charge in [0.1, 0.15) is 6.07 Å². The molecule has 5 heteroatoms. The Morgan fingerprint density at radius 3 is 1.89 bits per heavy atom. The number of nitrogens with zero attached hydrogens (tertiary/aromatic N) is 5. The molecule has 1 aromatic heterocycles. The summed E-state index contributed by atoms with van der Waals surface area (Å²) >= 11 is 0. The van der Waals surface area contributed by atoms with Crippen LogP contribution in [-0.4, -0.2) is 4.57 Å². The lowest BCUT2D eigenvalue weighted by molar-refractivity contribution is 0.824. The van der Waals surface area contributed by atoms with Crippen LogP contribution in [0.1, 0.15) is 40.2 Å². The van der Waals surface area contributed by atoms with Crippen LogP contribution in [0.4, 0.5) is 11.4 Å². The highest BCUT2D eigenvalue weighted by Crippen LogP contribution is 2.54. The average Bonchev–Trinajstić information content (AvgIpc) is 3.79. The molecule has 0 N–H and O–H groups in total. The van der Waals surface area contributed by atoms with E-state index < -0.39 is 0 Å². The van der Waals surface area contributed by atoms with Gasteiger partial charge in [0, 0.05) is 44.9 Å². The largest absolute Gasteiger partial charge is 0.313 e. The van der Waals surface area contributed by atoms with E-state index >= 15 is 0 Å². The molecule has 56 heavy (non-hydrogen) atoms. The summed E-state index contributed by atoms with van der Waals surface area (Å²) in [7, 11) is 0. The molecular weight excluding hydrogens is 683 g/mol. The molecule has 0 bridgehead atoms. The molecule has 7 aromatic carbocycles. The topological polar surface area (TPSA) is 79.5 Å². The molecular formula is C51H31N5. The van der Waals surface area contributed by atoms with E-state index in [1.54, 1.807) is 0 Å². The van der Waals surface area contributed by atoms with Gasteiger partial charge in [-0.15, -0.1) is 0 Å². The third-order valence-corrected chi connectivity index (χ3v) is 11.2. The highest BCUT2D eigenvalue weighted by Gasteiger charge is 2.38. The standard InChI is InChI=1S/C51H31N5/c52-30-33-23-26-36(27-24-33)55-48-22-8-6-16-41(48)44-19-9-17-42(50(44)55)39-14-4-2-12-37(39)38-13-3-5-15-40(38)43-18-10-20-45-46-29-34(31-53)25-28-49(46)56(51(43)45)47-21-7-1-11-35(47)32-54/h1-18,20-29,44H,19H2. The summed E-state index contributed by atoms with van der Waals surface area (Å²) in [5.74, 6) is 0.174. The van der Waals surface area contributed by atoms with E-state index in [0.717, 1.165) is 78.7 Å². The molecule has 2 heterocycles. The minimum Gasteiger partial charge on any atom is -0.313 e. The number of allylic oxidation sites excluding steroid dienone is 4. The molecule has 0 saturated heterocycles. The maximum absolute atomic E-state index is 10.3. The van der Waals surface area contributed by atoms with Crippen LogP contribution in [0.3, 0.4) is 0 Å². The van der Waals surface area contributed by atoms with Crippen molar-refractivity contribution in [1.29, 1.82) is 15.8 Å². The lowest BCUT2D eigenvalue weighted by Crippen LogP contribution is -2.17. The second-order valence-electron chi connectivity index (χ2n) is 14.1. The third-order valence-electron chi connectivity index (χ3n) is 11.2. The predicted octanol–water partition coefficient (Wildman–Crippen LogP) is 12.3. The Balaban J connectivity index is 1.23. The lowest BCUT2D eigenvalue weighted by atomic mass is 9.83. The van der Waals surface area contributed by atoms with E-state index in [0.29, 0.717) is 16.7 Å². The van der Waals surface area contributed by atoms with Gasteiger partial charge in [-0.1, -0.05) is 109 Å². The second kappa shape index (κ2) is 13.2. The number of fused-ring (bicyclic) bond motifs is 6. The van der Waals surface area contributed by atoms with Gasteiger partial charge in [-0.25, -0.2) is 0 Å². The number of para-hydroxylation sites is 3. The Morgan fingerprint density at radius 1 is 0.518 bits per heavy atom. The monoisotopic (exact) mass is 713 g/mol. The lowest BCUT2D eigenvalue weighted by Gasteiger charge is -2.29. The van der Waals surface area contributed by atoms with Gasteiger partial charge in [0.05, 0.1) is 45.5 Å². The SMILES string of the molecule is N#Cc1ccc(N2C3=C(c4ccccc4-c4ccccc4-c4cccc5c6cc(C#N)ccc6n(-c6ccccc6C#N)c45)C=CCC3c3ccccc32)cc1. The van der Waals surface area contributed by atoms with Crippen LogP contribution in [0.15, 0.2) is 176 Å². The van der Waals surface area contributed by atoms with E-state index in [1.807, 2.05) is 66.7 Å². The molecule has 0 amide bonds. The minimum atomic E-state index is 0.174. The van der Waals surface area contributed by atoms with Crippen molar-refractivity contribution in [3.8, 4) is 46.1 Å². The van der Waals surface area contributed by atoms with Gasteiger partial charge in [-0.05, 0) is 94.9 Å². The Bertz CT molecular complexity index is 3100. The van der Waals surface area contributed by atoms with Gasteiger partial charge in [0.15, 0.2) is 0 Å². The quantitative estimate of drug-likeness (QED) is 0.178. The van der Waals surface area contributed by atoms with Crippen molar-refractivity contribution in [2.75, 3.05) is 4.90 Å². The first-order valence-corrected chi connectivity index (χ1v) is 18.6. The van der Waals surface area contributed by atoms with Crippen molar-refractivity contribution in [3.05, 3.63) is 203 Å². The van der Waals surface area contributed by atoms with Crippen LogP contribution in [0.25, 0.3) is 55.3 Å². The number of nitriles is 3. The summed E-state index contributed by atoms with van der Waals surface area (Å²) in [6.45, 7) is 0. The molecule has 5 nitrogen and oxygen atoms in total. The highest BCUT2D eigenvalue weighted by molar-refractivity contribution is 6.15. The van der Waals surface area contributed by atoms with Crippen LogP contribution >= 0.6 is 0 Å². The van der Waals surface area contributed by atoms with Crippen molar-refractivity contribution in [2.45, 2.75) is 12.3 Å². The molecule has 0 saturated carbocycles. The van der Waals surface area contributed by atoms with Gasteiger partial charge in [-0.3, -0.25) is 0 Å². The van der Waals surface area contributed by atoms with E-state index in [2.05, 4.69) is 131 Å².